The second kappa shape index (κ2) is 14.3. The van der Waals surface area contributed by atoms with Gasteiger partial charge in [0.05, 0.1) is 0 Å². The molecule has 198 valence electrons. The molecule has 7 nitrogen and oxygen atoms in total. The van der Waals surface area contributed by atoms with Crippen LogP contribution in [-0.4, -0.2) is 59.5 Å². The standard InChI is InChI=1S/C26H34N2O.C4H4O4/c1-27-16-6-5-9-23-11-12-24(19-25(23)27)26(29)13-10-21-14-17-28(18-15-21)20-22-7-3-2-4-8-22;5-3(6)1-2-4(7)8/h2-4,7-8,11-12,19,21H,5-6,9-10,13-18,20H2,1H3;1-2H,(H,5,6)(H,7,8). The summed E-state index contributed by atoms with van der Waals surface area (Å²) in [6, 6.07) is 17.1. The van der Waals surface area contributed by atoms with Crippen LogP contribution < -0.4 is 4.90 Å². The Hall–Kier alpha value is -3.45. The van der Waals surface area contributed by atoms with Gasteiger partial charge in [0.2, 0.25) is 0 Å². The molecule has 0 aliphatic carbocycles. The summed E-state index contributed by atoms with van der Waals surface area (Å²) in [5.74, 6) is -1.51. The van der Waals surface area contributed by atoms with Crippen molar-refractivity contribution in [2.75, 3.05) is 31.6 Å². The van der Waals surface area contributed by atoms with Crippen molar-refractivity contribution in [3.63, 3.8) is 0 Å². The van der Waals surface area contributed by atoms with Crippen molar-refractivity contribution in [3.8, 4) is 0 Å². The van der Waals surface area contributed by atoms with E-state index in [2.05, 4.69) is 65.4 Å². The van der Waals surface area contributed by atoms with Gasteiger partial charge >= 0.3 is 11.9 Å². The number of aliphatic carboxylic acids is 2. The number of rotatable bonds is 8. The highest BCUT2D eigenvalue weighted by Gasteiger charge is 2.21. The van der Waals surface area contributed by atoms with E-state index in [1.807, 2.05) is 0 Å². The Morgan fingerprint density at radius 1 is 0.919 bits per heavy atom. The number of carboxylic acid groups (broad SMARTS) is 2. The fourth-order valence-electron chi connectivity index (χ4n) is 4.99. The zero-order valence-electron chi connectivity index (χ0n) is 21.6. The lowest BCUT2D eigenvalue weighted by molar-refractivity contribution is -0.134. The van der Waals surface area contributed by atoms with E-state index >= 15 is 0 Å². The maximum atomic E-state index is 12.8. The van der Waals surface area contributed by atoms with Gasteiger partial charge in [-0.25, -0.2) is 9.59 Å². The summed E-state index contributed by atoms with van der Waals surface area (Å²) in [5, 5.41) is 15.6. The molecule has 7 heteroatoms. The van der Waals surface area contributed by atoms with Crippen molar-refractivity contribution >= 4 is 23.4 Å². The maximum absolute atomic E-state index is 12.8. The molecular weight excluding hydrogens is 468 g/mol. The minimum Gasteiger partial charge on any atom is -0.478 e. The van der Waals surface area contributed by atoms with Crippen LogP contribution in [0.25, 0.3) is 0 Å². The van der Waals surface area contributed by atoms with E-state index in [1.165, 1.54) is 42.5 Å². The first kappa shape index (κ1) is 28.1. The molecule has 37 heavy (non-hydrogen) atoms. The quantitative estimate of drug-likeness (QED) is 0.382. The van der Waals surface area contributed by atoms with Gasteiger partial charge in [-0.1, -0.05) is 42.5 Å². The molecule has 0 bridgehead atoms. The smallest absolute Gasteiger partial charge is 0.328 e. The molecule has 2 aliphatic heterocycles. The molecule has 2 aromatic carbocycles. The number of anilines is 1. The molecule has 4 rings (SSSR count). The first-order valence-electron chi connectivity index (χ1n) is 13.1. The van der Waals surface area contributed by atoms with E-state index in [-0.39, 0.29) is 0 Å². The van der Waals surface area contributed by atoms with Crippen LogP contribution in [0.1, 0.15) is 60.0 Å². The van der Waals surface area contributed by atoms with E-state index in [0.29, 0.717) is 30.3 Å². The molecular formula is C30H38N2O5. The molecule has 0 saturated carbocycles. The number of carboxylic acids is 2. The first-order valence-corrected chi connectivity index (χ1v) is 13.1. The molecule has 0 spiro atoms. The van der Waals surface area contributed by atoms with Gasteiger partial charge in [-0.15, -0.1) is 0 Å². The lowest BCUT2D eigenvalue weighted by Gasteiger charge is -2.32. The lowest BCUT2D eigenvalue weighted by Crippen LogP contribution is -2.33. The van der Waals surface area contributed by atoms with Crippen molar-refractivity contribution in [1.82, 2.24) is 4.90 Å². The van der Waals surface area contributed by atoms with Gasteiger partial charge in [-0.2, -0.15) is 0 Å². The Morgan fingerprint density at radius 3 is 2.24 bits per heavy atom. The fraction of sp³-hybridized carbons (Fsp3) is 0.433. The van der Waals surface area contributed by atoms with Crippen molar-refractivity contribution < 1.29 is 24.6 Å². The molecule has 2 aliphatic rings. The monoisotopic (exact) mass is 506 g/mol. The number of carbonyl (C=O) groups excluding carboxylic acids is 1. The number of benzene rings is 2. The minimum atomic E-state index is -1.26. The molecule has 2 aromatic rings. The van der Waals surface area contributed by atoms with Crippen LogP contribution in [0, 0.1) is 5.92 Å². The van der Waals surface area contributed by atoms with E-state index in [4.69, 9.17) is 10.2 Å². The van der Waals surface area contributed by atoms with Crippen molar-refractivity contribution in [2.24, 2.45) is 5.92 Å². The summed E-state index contributed by atoms with van der Waals surface area (Å²) in [6.07, 6.45) is 8.88. The third-order valence-electron chi connectivity index (χ3n) is 7.11. The van der Waals surface area contributed by atoms with Crippen LogP contribution in [0.4, 0.5) is 5.69 Å². The summed E-state index contributed by atoms with van der Waals surface area (Å²) in [5.41, 5.74) is 4.96. The molecule has 0 unspecified atom stereocenters. The van der Waals surface area contributed by atoms with Crippen molar-refractivity contribution in [1.29, 1.82) is 0 Å². The number of aryl methyl sites for hydroxylation is 1. The lowest BCUT2D eigenvalue weighted by atomic mass is 9.90. The predicted octanol–water partition coefficient (Wildman–Crippen LogP) is 5.05. The molecule has 1 fully saturated rings. The topological polar surface area (TPSA) is 98.2 Å². The SMILES string of the molecule is CN1CCCCc2ccc(C(=O)CCC3CCN(Cc4ccccc4)CC3)cc21.O=C(O)C=CC(=O)O. The van der Waals surface area contributed by atoms with Crippen LogP contribution in [-0.2, 0) is 22.6 Å². The average Bonchev–Trinajstić information content (AvgIpc) is 3.08. The molecule has 1 saturated heterocycles. The van der Waals surface area contributed by atoms with Crippen LogP contribution in [0.15, 0.2) is 60.7 Å². The van der Waals surface area contributed by atoms with Crippen LogP contribution >= 0.6 is 0 Å². The van der Waals surface area contributed by atoms with E-state index in [0.717, 1.165) is 44.6 Å². The number of hydrogen-bond acceptors (Lipinski definition) is 5. The number of carbonyl (C=O) groups is 3. The summed E-state index contributed by atoms with van der Waals surface area (Å²) in [6.45, 7) is 4.44. The van der Waals surface area contributed by atoms with Gasteiger partial charge in [-0.05, 0) is 74.7 Å². The Morgan fingerprint density at radius 2 is 1.59 bits per heavy atom. The van der Waals surface area contributed by atoms with E-state index in [1.54, 1.807) is 0 Å². The Labute approximate surface area is 219 Å². The highest BCUT2D eigenvalue weighted by atomic mass is 16.4. The Kier molecular flexibility index (Phi) is 10.9. The van der Waals surface area contributed by atoms with E-state index < -0.39 is 11.9 Å². The summed E-state index contributed by atoms with van der Waals surface area (Å²) in [7, 11) is 2.15. The average molecular weight is 507 g/mol. The second-order valence-corrected chi connectivity index (χ2v) is 9.90. The van der Waals surface area contributed by atoms with Crippen LogP contribution in [0.2, 0.25) is 0 Å². The third-order valence-corrected chi connectivity index (χ3v) is 7.11. The first-order chi connectivity index (χ1) is 17.8. The van der Waals surface area contributed by atoms with Crippen LogP contribution in [0.3, 0.4) is 0 Å². The number of Topliss-reactive ketones (excluding diaryl/α,β-unsaturated/α-hetero) is 1. The van der Waals surface area contributed by atoms with Gasteiger partial charge in [0.15, 0.2) is 5.78 Å². The second-order valence-electron chi connectivity index (χ2n) is 9.90. The molecule has 0 amide bonds. The van der Waals surface area contributed by atoms with Crippen molar-refractivity contribution in [2.45, 2.75) is 51.5 Å². The van der Waals surface area contributed by atoms with Gasteiger partial charge in [-0.3, -0.25) is 9.69 Å². The van der Waals surface area contributed by atoms with Gasteiger partial charge < -0.3 is 15.1 Å². The normalized spacial score (nSPS) is 16.4. The van der Waals surface area contributed by atoms with Crippen LogP contribution in [0.5, 0.6) is 0 Å². The number of piperidine rings is 1. The number of ketones is 1. The summed E-state index contributed by atoms with van der Waals surface area (Å²) in [4.78, 5) is 36.8. The Bertz CT molecular complexity index is 1060. The zero-order chi connectivity index (χ0) is 26.6. The third kappa shape index (κ3) is 9.50. The van der Waals surface area contributed by atoms with Gasteiger partial charge in [0, 0.05) is 50.0 Å². The molecule has 2 N–H and O–H groups in total. The summed E-state index contributed by atoms with van der Waals surface area (Å²) >= 11 is 0. The number of likely N-dealkylation sites (tertiary alicyclic amines) is 1. The zero-order valence-corrected chi connectivity index (χ0v) is 21.6. The number of fused-ring (bicyclic) bond motifs is 1. The van der Waals surface area contributed by atoms with Gasteiger partial charge in [0.25, 0.3) is 0 Å². The maximum Gasteiger partial charge on any atom is 0.328 e. The predicted molar refractivity (Wildman–Crippen MR) is 145 cm³/mol. The van der Waals surface area contributed by atoms with Gasteiger partial charge in [0.1, 0.15) is 0 Å². The molecule has 2 heterocycles. The molecule has 0 radical (unpaired) electrons. The van der Waals surface area contributed by atoms with E-state index in [9.17, 15) is 14.4 Å². The minimum absolute atomic E-state index is 0.317. The largest absolute Gasteiger partial charge is 0.478 e. The number of nitrogens with zero attached hydrogens (tertiary/aromatic N) is 2. The highest BCUT2D eigenvalue weighted by molar-refractivity contribution is 5.97. The fourth-order valence-corrected chi connectivity index (χ4v) is 4.99. The molecule has 0 atom stereocenters. The summed E-state index contributed by atoms with van der Waals surface area (Å²) < 4.78 is 0. The number of hydrogen-bond donors (Lipinski definition) is 2. The Balaban J connectivity index is 0.000000414. The van der Waals surface area contributed by atoms with Crippen molar-refractivity contribution in [3.05, 3.63) is 77.4 Å². The molecule has 0 aromatic heterocycles. The highest BCUT2D eigenvalue weighted by Crippen LogP contribution is 2.28.